The van der Waals surface area contributed by atoms with E-state index in [1.807, 2.05) is 37.3 Å². The molecule has 1 aromatic carbocycles. The highest BCUT2D eigenvalue weighted by Crippen LogP contribution is 2.36. The number of benzene rings is 1. The minimum Gasteiger partial charge on any atom is -0.465 e. The number of alkyl halides is 1. The summed E-state index contributed by atoms with van der Waals surface area (Å²) in [6, 6.07) is 9.63. The van der Waals surface area contributed by atoms with Crippen molar-refractivity contribution in [3.63, 3.8) is 0 Å². The standard InChI is InChI=1S/C16H23BrO4/c1-5-21-15(19)16(3,17)14(18)11(2)13(20-4)12-9-7-6-8-10-12/h6-11,13-14,18H,5H2,1-4H3/t11-,13-,14+,16-/m0/s1. The van der Waals surface area contributed by atoms with Crippen LogP contribution in [0.4, 0.5) is 0 Å². The van der Waals surface area contributed by atoms with Crippen LogP contribution in [0.1, 0.15) is 32.4 Å². The Morgan fingerprint density at radius 2 is 1.95 bits per heavy atom. The number of halogens is 1. The number of hydrogen-bond donors (Lipinski definition) is 1. The summed E-state index contributed by atoms with van der Waals surface area (Å²) >= 11 is 3.30. The lowest BCUT2D eigenvalue weighted by Gasteiger charge is -2.34. The Labute approximate surface area is 134 Å². The van der Waals surface area contributed by atoms with Gasteiger partial charge >= 0.3 is 5.97 Å². The summed E-state index contributed by atoms with van der Waals surface area (Å²) in [6.07, 6.45) is -1.27. The molecule has 0 fully saturated rings. The molecule has 0 aromatic heterocycles. The van der Waals surface area contributed by atoms with Gasteiger partial charge in [0.05, 0.1) is 18.8 Å². The lowest BCUT2D eigenvalue weighted by atomic mass is 9.86. The quantitative estimate of drug-likeness (QED) is 0.601. The van der Waals surface area contributed by atoms with Gasteiger partial charge in [0.2, 0.25) is 0 Å². The molecule has 118 valence electrons. The molecule has 0 spiro atoms. The number of ether oxygens (including phenoxy) is 2. The fraction of sp³-hybridized carbons (Fsp3) is 0.562. The van der Waals surface area contributed by atoms with Crippen LogP contribution in [0.15, 0.2) is 30.3 Å². The molecule has 5 heteroatoms. The molecule has 0 heterocycles. The number of aliphatic hydroxyl groups is 1. The minimum atomic E-state index is -1.17. The zero-order valence-corrected chi connectivity index (χ0v) is 14.5. The number of aliphatic hydroxyl groups excluding tert-OH is 1. The lowest BCUT2D eigenvalue weighted by molar-refractivity contribution is -0.150. The summed E-state index contributed by atoms with van der Waals surface area (Å²) in [7, 11) is 1.59. The second-order valence-electron chi connectivity index (χ2n) is 5.17. The molecule has 4 atom stereocenters. The Bertz CT molecular complexity index is 447. The van der Waals surface area contributed by atoms with Gasteiger partial charge in [-0.2, -0.15) is 0 Å². The third-order valence-corrected chi connectivity index (χ3v) is 4.38. The molecular formula is C16H23BrO4. The van der Waals surface area contributed by atoms with Crippen molar-refractivity contribution in [1.29, 1.82) is 0 Å². The van der Waals surface area contributed by atoms with Gasteiger partial charge in [-0.3, -0.25) is 4.79 Å². The van der Waals surface area contributed by atoms with E-state index in [0.717, 1.165) is 5.56 Å². The van der Waals surface area contributed by atoms with Gasteiger partial charge in [0, 0.05) is 13.0 Å². The smallest absolute Gasteiger partial charge is 0.325 e. The molecule has 0 radical (unpaired) electrons. The molecule has 1 rings (SSSR count). The highest BCUT2D eigenvalue weighted by Gasteiger charge is 2.44. The van der Waals surface area contributed by atoms with Gasteiger partial charge < -0.3 is 14.6 Å². The Morgan fingerprint density at radius 1 is 1.38 bits per heavy atom. The van der Waals surface area contributed by atoms with E-state index in [0.29, 0.717) is 0 Å². The molecule has 4 nitrogen and oxygen atoms in total. The van der Waals surface area contributed by atoms with Crippen LogP contribution in [0.3, 0.4) is 0 Å². The predicted molar refractivity (Wildman–Crippen MR) is 85.3 cm³/mol. The third-order valence-electron chi connectivity index (χ3n) is 3.59. The number of esters is 1. The van der Waals surface area contributed by atoms with Crippen molar-refractivity contribution in [3.05, 3.63) is 35.9 Å². The van der Waals surface area contributed by atoms with Crippen molar-refractivity contribution >= 4 is 21.9 Å². The lowest BCUT2D eigenvalue weighted by Crippen LogP contribution is -2.47. The second-order valence-corrected chi connectivity index (χ2v) is 6.81. The molecule has 1 aromatic rings. The zero-order chi connectivity index (χ0) is 16.0. The molecule has 0 saturated heterocycles. The largest absolute Gasteiger partial charge is 0.465 e. The molecule has 0 unspecified atom stereocenters. The van der Waals surface area contributed by atoms with Crippen molar-refractivity contribution in [1.82, 2.24) is 0 Å². The predicted octanol–water partition coefficient (Wildman–Crippen LogP) is 3.09. The summed E-state index contributed by atoms with van der Waals surface area (Å²) in [5.74, 6) is -0.779. The molecule has 0 saturated carbocycles. The fourth-order valence-electron chi connectivity index (χ4n) is 2.35. The van der Waals surface area contributed by atoms with Crippen LogP contribution in [0.25, 0.3) is 0 Å². The van der Waals surface area contributed by atoms with Crippen LogP contribution in [0.2, 0.25) is 0 Å². The van der Waals surface area contributed by atoms with E-state index < -0.39 is 16.4 Å². The molecule has 0 aliphatic carbocycles. The van der Waals surface area contributed by atoms with Crippen LogP contribution in [-0.2, 0) is 14.3 Å². The maximum atomic E-state index is 12.0. The fourth-order valence-corrected chi connectivity index (χ4v) is 2.88. The second kappa shape index (κ2) is 7.92. The van der Waals surface area contributed by atoms with Crippen LogP contribution >= 0.6 is 15.9 Å². The van der Waals surface area contributed by atoms with Gasteiger partial charge in [-0.25, -0.2) is 0 Å². The van der Waals surface area contributed by atoms with Crippen LogP contribution in [-0.4, -0.2) is 35.2 Å². The van der Waals surface area contributed by atoms with E-state index in [9.17, 15) is 9.90 Å². The summed E-state index contributed by atoms with van der Waals surface area (Å²) in [5, 5.41) is 10.6. The Kier molecular flexibility index (Phi) is 6.84. The number of carbonyl (C=O) groups excluding carboxylic acids is 1. The van der Waals surface area contributed by atoms with Gasteiger partial charge in [-0.15, -0.1) is 0 Å². The number of rotatable bonds is 7. The first kappa shape index (κ1) is 18.1. The topological polar surface area (TPSA) is 55.8 Å². The highest BCUT2D eigenvalue weighted by molar-refractivity contribution is 9.10. The number of hydrogen-bond acceptors (Lipinski definition) is 4. The molecule has 21 heavy (non-hydrogen) atoms. The SMILES string of the molecule is CCOC(=O)[C@@](C)(Br)[C@H](O)[C@@H](C)[C@H](OC)c1ccccc1. The van der Waals surface area contributed by atoms with E-state index in [4.69, 9.17) is 9.47 Å². The van der Waals surface area contributed by atoms with Crippen molar-refractivity contribution < 1.29 is 19.4 Å². The van der Waals surface area contributed by atoms with Gasteiger partial charge in [0.1, 0.15) is 4.32 Å². The highest BCUT2D eigenvalue weighted by atomic mass is 79.9. The Hall–Kier alpha value is -0.910. The average Bonchev–Trinajstić information content (AvgIpc) is 2.48. The maximum Gasteiger partial charge on any atom is 0.325 e. The van der Waals surface area contributed by atoms with Crippen LogP contribution in [0.5, 0.6) is 0 Å². The minimum absolute atomic E-state index is 0.271. The molecule has 0 aliphatic rings. The molecule has 0 aliphatic heterocycles. The summed E-state index contributed by atoms with van der Waals surface area (Å²) < 4.78 is 9.36. The molecule has 1 N–H and O–H groups in total. The Morgan fingerprint density at radius 3 is 2.43 bits per heavy atom. The zero-order valence-electron chi connectivity index (χ0n) is 12.9. The van der Waals surface area contributed by atoms with E-state index in [1.54, 1.807) is 21.0 Å². The normalized spacial score (nSPS) is 18.4. The van der Waals surface area contributed by atoms with E-state index in [2.05, 4.69) is 15.9 Å². The molecular weight excluding hydrogens is 336 g/mol. The monoisotopic (exact) mass is 358 g/mol. The summed E-state index contributed by atoms with van der Waals surface area (Å²) in [6.45, 7) is 5.47. The van der Waals surface area contributed by atoms with E-state index in [-0.39, 0.29) is 18.6 Å². The van der Waals surface area contributed by atoms with Gasteiger partial charge in [0.25, 0.3) is 0 Å². The molecule has 0 bridgehead atoms. The van der Waals surface area contributed by atoms with Crippen molar-refractivity contribution in [2.24, 2.45) is 5.92 Å². The number of carbonyl (C=O) groups is 1. The maximum absolute atomic E-state index is 12.0. The molecule has 0 amide bonds. The van der Waals surface area contributed by atoms with Crippen molar-refractivity contribution in [2.45, 2.75) is 37.3 Å². The van der Waals surface area contributed by atoms with Gasteiger partial charge in [0.15, 0.2) is 0 Å². The third kappa shape index (κ3) is 4.28. The first-order valence-electron chi connectivity index (χ1n) is 6.98. The van der Waals surface area contributed by atoms with E-state index in [1.165, 1.54) is 0 Å². The van der Waals surface area contributed by atoms with Crippen molar-refractivity contribution in [3.8, 4) is 0 Å². The van der Waals surface area contributed by atoms with Crippen LogP contribution in [0, 0.1) is 5.92 Å². The first-order valence-corrected chi connectivity index (χ1v) is 7.77. The summed E-state index contributed by atoms with van der Waals surface area (Å²) in [4.78, 5) is 12.0. The van der Waals surface area contributed by atoms with Crippen LogP contribution < -0.4 is 0 Å². The van der Waals surface area contributed by atoms with Gasteiger partial charge in [-0.1, -0.05) is 53.2 Å². The summed E-state index contributed by atoms with van der Waals surface area (Å²) in [5.41, 5.74) is 0.957. The van der Waals surface area contributed by atoms with E-state index >= 15 is 0 Å². The average molecular weight is 359 g/mol. The first-order chi connectivity index (χ1) is 9.86. The number of methoxy groups -OCH3 is 1. The van der Waals surface area contributed by atoms with Crippen molar-refractivity contribution in [2.75, 3.05) is 13.7 Å². The Balaban J connectivity index is 2.94. The van der Waals surface area contributed by atoms with Gasteiger partial charge in [-0.05, 0) is 19.4 Å².